The largest absolute Gasteiger partial charge is 0.444 e. The van der Waals surface area contributed by atoms with Gasteiger partial charge in [-0.2, -0.15) is 11.8 Å². The molecule has 0 aliphatic heterocycles. The van der Waals surface area contributed by atoms with E-state index in [1.807, 2.05) is 64.3 Å². The zero-order valence-corrected chi connectivity index (χ0v) is 32.4. The highest BCUT2D eigenvalue weighted by Gasteiger charge is 2.33. The first-order valence-electron chi connectivity index (χ1n) is 17.5. The third-order valence-corrected chi connectivity index (χ3v) is 8.61. The molecule has 1 aromatic rings. The molecule has 0 saturated heterocycles. The molecule has 0 aliphatic rings. The molecule has 0 unspecified atom stereocenters. The maximum atomic E-state index is 13.7. The molecule has 6 atom stereocenters. The fourth-order valence-electron chi connectivity index (χ4n) is 5.08. The van der Waals surface area contributed by atoms with Crippen molar-refractivity contribution in [3.05, 3.63) is 35.9 Å². The van der Waals surface area contributed by atoms with Gasteiger partial charge < -0.3 is 35.8 Å². The van der Waals surface area contributed by atoms with Gasteiger partial charge in [0.05, 0.1) is 31.4 Å². The summed E-state index contributed by atoms with van der Waals surface area (Å²) in [5.74, 6) is -1.06. The van der Waals surface area contributed by atoms with Crippen LogP contribution in [0.4, 0.5) is 4.79 Å². The van der Waals surface area contributed by atoms with E-state index < -0.39 is 53.7 Å². The fraction of sp³-hybridized carbons (Fsp3) is 0.730. The maximum absolute atomic E-state index is 13.7. The standard InChI is InChI=1S/C37H64N4O7S/c1-23(2)19-29(31(42)20-26(7)33(43)40-30(24(3)4)22-47-21-27-15-13-12-14-16-27)39-34(44)28(17-18-49-11)38-35(45)32(25(5)6)41-36(46)48-37(8,9)10/h12-16,23-26,28-32,42H,17-22H2,1-11H3,(H,38,45)(H,39,44)(H,40,43)(H,41,46)/t26-,28+,29+,30-,31+,32+/m1/s1. The molecule has 280 valence electrons. The lowest BCUT2D eigenvalue weighted by Gasteiger charge is -2.31. The number of benzene rings is 1. The van der Waals surface area contributed by atoms with Gasteiger partial charge in [-0.1, -0.05) is 78.8 Å². The Morgan fingerprint density at radius 2 is 1.41 bits per heavy atom. The lowest BCUT2D eigenvalue weighted by atomic mass is 9.91. The van der Waals surface area contributed by atoms with Gasteiger partial charge in [0.1, 0.15) is 17.7 Å². The van der Waals surface area contributed by atoms with Gasteiger partial charge in [-0.05, 0) is 75.4 Å². The van der Waals surface area contributed by atoms with Crippen LogP contribution in [-0.4, -0.2) is 83.4 Å². The Balaban J connectivity index is 2.95. The van der Waals surface area contributed by atoms with Crippen LogP contribution in [-0.2, 0) is 30.5 Å². The summed E-state index contributed by atoms with van der Waals surface area (Å²) in [4.78, 5) is 52.8. The number of nitrogens with one attached hydrogen (secondary N) is 4. The number of amides is 4. The molecule has 1 rings (SSSR count). The normalized spacial score (nSPS) is 15.6. The highest BCUT2D eigenvalue weighted by atomic mass is 32.2. The molecule has 0 radical (unpaired) electrons. The van der Waals surface area contributed by atoms with E-state index in [1.165, 1.54) is 0 Å². The Morgan fingerprint density at radius 3 is 1.94 bits per heavy atom. The highest BCUT2D eigenvalue weighted by Crippen LogP contribution is 2.18. The number of ether oxygens (including phenoxy) is 2. The van der Waals surface area contributed by atoms with E-state index in [4.69, 9.17) is 9.47 Å². The minimum atomic E-state index is -1.01. The number of alkyl carbamates (subject to hydrolysis) is 1. The molecule has 0 spiro atoms. The van der Waals surface area contributed by atoms with Gasteiger partial charge in [-0.25, -0.2) is 4.79 Å². The number of hydrogen-bond acceptors (Lipinski definition) is 8. The van der Waals surface area contributed by atoms with Crippen molar-refractivity contribution in [2.24, 2.45) is 23.7 Å². The van der Waals surface area contributed by atoms with Crippen molar-refractivity contribution in [2.75, 3.05) is 18.6 Å². The third kappa shape index (κ3) is 18.1. The summed E-state index contributed by atoms with van der Waals surface area (Å²) in [7, 11) is 0. The zero-order chi connectivity index (χ0) is 37.3. The van der Waals surface area contributed by atoms with Gasteiger partial charge >= 0.3 is 6.09 Å². The van der Waals surface area contributed by atoms with Crippen LogP contribution in [0.2, 0.25) is 0 Å². The van der Waals surface area contributed by atoms with Crippen molar-refractivity contribution in [1.82, 2.24) is 21.3 Å². The van der Waals surface area contributed by atoms with Crippen molar-refractivity contribution in [1.29, 1.82) is 0 Å². The smallest absolute Gasteiger partial charge is 0.408 e. The maximum Gasteiger partial charge on any atom is 0.408 e. The number of hydrogen-bond donors (Lipinski definition) is 5. The molecule has 12 heteroatoms. The number of carbonyl (C=O) groups is 4. The topological polar surface area (TPSA) is 155 Å². The Morgan fingerprint density at radius 1 is 0.796 bits per heavy atom. The van der Waals surface area contributed by atoms with Gasteiger partial charge in [0.15, 0.2) is 0 Å². The Hall–Kier alpha value is -2.83. The minimum absolute atomic E-state index is 0.132. The van der Waals surface area contributed by atoms with Crippen LogP contribution in [0.25, 0.3) is 0 Å². The summed E-state index contributed by atoms with van der Waals surface area (Å²) in [5, 5.41) is 22.9. The molecule has 49 heavy (non-hydrogen) atoms. The van der Waals surface area contributed by atoms with Crippen LogP contribution >= 0.6 is 11.8 Å². The molecule has 0 fully saturated rings. The second kappa shape index (κ2) is 22.1. The van der Waals surface area contributed by atoms with E-state index in [2.05, 4.69) is 21.3 Å². The van der Waals surface area contributed by atoms with E-state index in [0.717, 1.165) is 5.56 Å². The Labute approximate surface area is 299 Å². The number of carbonyl (C=O) groups excluding carboxylic acids is 4. The average Bonchev–Trinajstić information content (AvgIpc) is 2.99. The predicted molar refractivity (Wildman–Crippen MR) is 197 cm³/mol. The molecule has 11 nitrogen and oxygen atoms in total. The van der Waals surface area contributed by atoms with Crippen molar-refractivity contribution in [2.45, 2.75) is 131 Å². The SMILES string of the molecule is CSCC[C@H](NC(=O)[C@@H](NC(=O)OC(C)(C)C)C(C)C)C(=O)N[C@@H](CC(C)C)[C@@H](O)C[C@@H](C)C(=O)N[C@H](COCc1ccccc1)C(C)C. The van der Waals surface area contributed by atoms with Gasteiger partial charge in [-0.15, -0.1) is 0 Å². The summed E-state index contributed by atoms with van der Waals surface area (Å²) in [6.45, 7) is 19.4. The molecular formula is C37H64N4O7S. The predicted octanol–water partition coefficient (Wildman–Crippen LogP) is 5.05. The van der Waals surface area contributed by atoms with Crippen molar-refractivity contribution < 1.29 is 33.8 Å². The van der Waals surface area contributed by atoms with Crippen molar-refractivity contribution in [3.8, 4) is 0 Å². The Bertz CT molecular complexity index is 1140. The molecule has 0 saturated carbocycles. The van der Waals surface area contributed by atoms with Crippen molar-refractivity contribution in [3.63, 3.8) is 0 Å². The third-order valence-electron chi connectivity index (χ3n) is 7.97. The average molecular weight is 709 g/mol. The molecular weight excluding hydrogens is 644 g/mol. The van der Waals surface area contributed by atoms with Crippen LogP contribution in [0, 0.1) is 23.7 Å². The summed E-state index contributed by atoms with van der Waals surface area (Å²) in [6.07, 6.45) is 1.14. The van der Waals surface area contributed by atoms with Crippen molar-refractivity contribution >= 4 is 35.6 Å². The Kier molecular flexibility index (Phi) is 19.9. The molecule has 0 bridgehead atoms. The second-order valence-electron chi connectivity index (χ2n) is 15.0. The minimum Gasteiger partial charge on any atom is -0.444 e. The highest BCUT2D eigenvalue weighted by molar-refractivity contribution is 7.98. The van der Waals surface area contributed by atoms with E-state index in [-0.39, 0.29) is 36.1 Å². The molecule has 5 N–H and O–H groups in total. The van der Waals surface area contributed by atoms with Crippen LogP contribution in [0.3, 0.4) is 0 Å². The first kappa shape index (κ1) is 44.2. The van der Waals surface area contributed by atoms with Crippen LogP contribution in [0.1, 0.15) is 94.1 Å². The van der Waals surface area contributed by atoms with E-state index >= 15 is 0 Å². The van der Waals surface area contributed by atoms with Gasteiger partial charge in [-0.3, -0.25) is 14.4 Å². The summed E-state index contributed by atoms with van der Waals surface area (Å²) < 4.78 is 11.2. The van der Waals surface area contributed by atoms with Crippen LogP contribution < -0.4 is 21.3 Å². The molecule has 0 aromatic heterocycles. The summed E-state index contributed by atoms with van der Waals surface area (Å²) in [5.41, 5.74) is 0.318. The quantitative estimate of drug-likeness (QED) is 0.119. The zero-order valence-electron chi connectivity index (χ0n) is 31.6. The number of aliphatic hydroxyl groups is 1. The van der Waals surface area contributed by atoms with E-state index in [9.17, 15) is 24.3 Å². The van der Waals surface area contributed by atoms with Gasteiger partial charge in [0.2, 0.25) is 17.7 Å². The number of thioether (sulfide) groups is 1. The van der Waals surface area contributed by atoms with E-state index in [0.29, 0.717) is 31.8 Å². The van der Waals surface area contributed by atoms with Gasteiger partial charge in [0.25, 0.3) is 0 Å². The fourth-order valence-corrected chi connectivity index (χ4v) is 5.55. The van der Waals surface area contributed by atoms with Crippen LogP contribution in [0.5, 0.6) is 0 Å². The number of rotatable bonds is 21. The lowest BCUT2D eigenvalue weighted by molar-refractivity contribution is -0.131. The lowest BCUT2D eigenvalue weighted by Crippen LogP contribution is -2.58. The molecule has 1 aromatic carbocycles. The molecule has 4 amide bonds. The first-order valence-corrected chi connectivity index (χ1v) is 18.9. The monoisotopic (exact) mass is 708 g/mol. The summed E-state index contributed by atoms with van der Waals surface area (Å²) >= 11 is 1.54. The molecule has 0 aliphatic carbocycles. The van der Waals surface area contributed by atoms with Gasteiger partial charge in [0, 0.05) is 5.92 Å². The summed E-state index contributed by atoms with van der Waals surface area (Å²) in [6, 6.07) is 7.17. The first-order chi connectivity index (χ1) is 22.8. The van der Waals surface area contributed by atoms with Crippen LogP contribution in [0.15, 0.2) is 30.3 Å². The van der Waals surface area contributed by atoms with E-state index in [1.54, 1.807) is 53.3 Å². The molecule has 0 heterocycles. The number of aliphatic hydroxyl groups excluding tert-OH is 1. The second-order valence-corrected chi connectivity index (χ2v) is 16.0.